The van der Waals surface area contributed by atoms with Gasteiger partial charge in [0.05, 0.1) is 11.4 Å². The summed E-state index contributed by atoms with van der Waals surface area (Å²) in [5.41, 5.74) is 14.7. The zero-order valence-electron chi connectivity index (χ0n) is 19.6. The van der Waals surface area contributed by atoms with E-state index in [0.717, 1.165) is 51.7 Å². The van der Waals surface area contributed by atoms with Crippen molar-refractivity contribution in [3.8, 4) is 45.0 Å². The summed E-state index contributed by atoms with van der Waals surface area (Å²) in [6.45, 7) is 5.37. The average molecular weight is 444 g/mol. The van der Waals surface area contributed by atoms with Crippen LogP contribution < -0.4 is 5.73 Å². The van der Waals surface area contributed by atoms with Gasteiger partial charge in [0.25, 0.3) is 0 Å². The molecule has 2 N–H and O–H groups in total. The van der Waals surface area contributed by atoms with Crippen molar-refractivity contribution in [2.75, 3.05) is 5.73 Å². The Hall–Kier alpha value is -4.11. The summed E-state index contributed by atoms with van der Waals surface area (Å²) in [5, 5.41) is 0. The van der Waals surface area contributed by atoms with E-state index in [1.807, 2.05) is 24.3 Å². The topological polar surface area (TPSA) is 43.8 Å². The molecular weight excluding hydrogens is 414 g/mol. The highest BCUT2D eigenvalue weighted by Crippen LogP contribution is 2.40. The molecule has 0 amide bonds. The zero-order valence-corrected chi connectivity index (χ0v) is 19.6. The van der Waals surface area contributed by atoms with E-state index < -0.39 is 0 Å². The molecule has 0 aliphatic carbocycles. The van der Waals surface area contributed by atoms with E-state index in [1.165, 1.54) is 5.56 Å². The van der Waals surface area contributed by atoms with Gasteiger partial charge in [-0.15, -0.1) is 0 Å². The molecule has 168 valence electrons. The maximum Gasteiger partial charge on any atom is 0.141 e. The van der Waals surface area contributed by atoms with Gasteiger partial charge in [-0.1, -0.05) is 111 Å². The van der Waals surface area contributed by atoms with Gasteiger partial charge in [-0.25, -0.2) is 4.98 Å². The molecule has 0 unspecified atom stereocenters. The summed E-state index contributed by atoms with van der Waals surface area (Å²) >= 11 is 0. The van der Waals surface area contributed by atoms with Crippen molar-refractivity contribution in [1.82, 2.24) is 9.55 Å². The molecule has 0 atom stereocenters. The van der Waals surface area contributed by atoms with Gasteiger partial charge in [0.1, 0.15) is 5.82 Å². The molecule has 0 radical (unpaired) electrons. The molecule has 0 aliphatic heterocycles. The molecule has 0 aliphatic rings. The van der Waals surface area contributed by atoms with Crippen LogP contribution in [0.4, 0.5) is 5.69 Å². The summed E-state index contributed by atoms with van der Waals surface area (Å²) in [5.74, 6) is 1.43. The van der Waals surface area contributed by atoms with Crippen LogP contribution in [0.5, 0.6) is 0 Å². The number of rotatable bonds is 6. The van der Waals surface area contributed by atoms with Gasteiger partial charge in [-0.05, 0) is 29.2 Å². The highest BCUT2D eigenvalue weighted by atomic mass is 15.1. The van der Waals surface area contributed by atoms with Gasteiger partial charge >= 0.3 is 0 Å². The lowest BCUT2D eigenvalue weighted by molar-refractivity contribution is 0.530. The lowest BCUT2D eigenvalue weighted by Crippen LogP contribution is -2.08. The van der Waals surface area contributed by atoms with Crippen LogP contribution in [0.1, 0.15) is 13.8 Å². The van der Waals surface area contributed by atoms with E-state index in [0.29, 0.717) is 5.92 Å². The second kappa shape index (κ2) is 9.40. The van der Waals surface area contributed by atoms with Crippen LogP contribution in [0.25, 0.3) is 45.0 Å². The van der Waals surface area contributed by atoms with Crippen molar-refractivity contribution in [3.63, 3.8) is 0 Å². The SMILES string of the molecule is CC(C)Cn1c(-c2ccccc2-c2cccc(N)c2)nc(-c2ccccc2)c1-c1ccccc1. The van der Waals surface area contributed by atoms with E-state index in [-0.39, 0.29) is 0 Å². The third-order valence-electron chi connectivity index (χ3n) is 5.98. The Kier molecular flexibility index (Phi) is 6.01. The maximum absolute atomic E-state index is 6.14. The molecule has 0 bridgehead atoms. The van der Waals surface area contributed by atoms with Gasteiger partial charge in [-0.2, -0.15) is 0 Å². The van der Waals surface area contributed by atoms with Crippen molar-refractivity contribution in [2.24, 2.45) is 5.92 Å². The molecule has 5 aromatic rings. The van der Waals surface area contributed by atoms with E-state index in [9.17, 15) is 0 Å². The Bertz CT molecular complexity index is 1400. The minimum absolute atomic E-state index is 0.457. The lowest BCUT2D eigenvalue weighted by Gasteiger charge is -2.17. The number of nitrogen functional groups attached to an aromatic ring is 1. The maximum atomic E-state index is 6.14. The Morgan fingerprint density at radius 3 is 1.91 bits per heavy atom. The quantitative estimate of drug-likeness (QED) is 0.272. The first-order chi connectivity index (χ1) is 16.6. The Morgan fingerprint density at radius 1 is 0.676 bits per heavy atom. The summed E-state index contributed by atoms with van der Waals surface area (Å²) < 4.78 is 2.40. The summed E-state index contributed by atoms with van der Waals surface area (Å²) in [7, 11) is 0. The molecular formula is C31H29N3. The fourth-order valence-corrected chi connectivity index (χ4v) is 4.52. The normalized spacial score (nSPS) is 11.1. The zero-order chi connectivity index (χ0) is 23.5. The first kappa shape index (κ1) is 21.7. The third-order valence-corrected chi connectivity index (χ3v) is 5.98. The van der Waals surface area contributed by atoms with Crippen molar-refractivity contribution in [2.45, 2.75) is 20.4 Å². The number of benzene rings is 4. The van der Waals surface area contributed by atoms with Crippen LogP contribution in [0.2, 0.25) is 0 Å². The van der Waals surface area contributed by atoms with Gasteiger partial charge < -0.3 is 10.3 Å². The van der Waals surface area contributed by atoms with Crippen molar-refractivity contribution < 1.29 is 0 Å². The number of nitrogens with two attached hydrogens (primary N) is 1. The molecule has 34 heavy (non-hydrogen) atoms. The molecule has 1 heterocycles. The summed E-state index contributed by atoms with van der Waals surface area (Å²) in [6, 6.07) is 37.6. The molecule has 0 saturated heterocycles. The predicted octanol–water partition coefficient (Wildman–Crippen LogP) is 7.79. The van der Waals surface area contributed by atoms with E-state index in [2.05, 4.69) is 103 Å². The number of hydrogen-bond acceptors (Lipinski definition) is 2. The average Bonchev–Trinajstić information content (AvgIpc) is 3.23. The number of anilines is 1. The molecule has 1 aromatic heterocycles. The van der Waals surface area contributed by atoms with Gasteiger partial charge in [0.2, 0.25) is 0 Å². The minimum atomic E-state index is 0.457. The number of nitrogens with zero attached hydrogens (tertiary/aromatic N) is 2. The van der Waals surface area contributed by atoms with Crippen LogP contribution in [0.3, 0.4) is 0 Å². The molecule has 3 nitrogen and oxygen atoms in total. The highest BCUT2D eigenvalue weighted by Gasteiger charge is 2.23. The molecule has 5 rings (SSSR count). The molecule has 0 fully saturated rings. The minimum Gasteiger partial charge on any atom is -0.399 e. The predicted molar refractivity (Wildman–Crippen MR) is 143 cm³/mol. The summed E-state index contributed by atoms with van der Waals surface area (Å²) in [6.07, 6.45) is 0. The van der Waals surface area contributed by atoms with Gasteiger partial charge in [0, 0.05) is 28.9 Å². The first-order valence-electron chi connectivity index (χ1n) is 11.8. The Labute approximate surface area is 201 Å². The fraction of sp³-hybridized carbons (Fsp3) is 0.129. The largest absolute Gasteiger partial charge is 0.399 e. The third kappa shape index (κ3) is 4.25. The van der Waals surface area contributed by atoms with Gasteiger partial charge in [0.15, 0.2) is 0 Å². The second-order valence-electron chi connectivity index (χ2n) is 9.04. The van der Waals surface area contributed by atoms with Crippen LogP contribution in [0, 0.1) is 5.92 Å². The first-order valence-corrected chi connectivity index (χ1v) is 11.8. The lowest BCUT2D eigenvalue weighted by atomic mass is 9.98. The fourth-order valence-electron chi connectivity index (χ4n) is 4.52. The van der Waals surface area contributed by atoms with E-state index >= 15 is 0 Å². The van der Waals surface area contributed by atoms with Crippen LogP contribution in [0.15, 0.2) is 109 Å². The molecule has 3 heteroatoms. The molecule has 0 spiro atoms. The van der Waals surface area contributed by atoms with E-state index in [4.69, 9.17) is 10.7 Å². The van der Waals surface area contributed by atoms with Crippen LogP contribution >= 0.6 is 0 Å². The monoisotopic (exact) mass is 443 g/mol. The number of aromatic nitrogens is 2. The number of hydrogen-bond donors (Lipinski definition) is 1. The van der Waals surface area contributed by atoms with Crippen LogP contribution in [-0.2, 0) is 6.54 Å². The van der Waals surface area contributed by atoms with Crippen molar-refractivity contribution in [1.29, 1.82) is 0 Å². The second-order valence-corrected chi connectivity index (χ2v) is 9.04. The van der Waals surface area contributed by atoms with Gasteiger partial charge in [-0.3, -0.25) is 0 Å². The van der Waals surface area contributed by atoms with Crippen molar-refractivity contribution >= 4 is 5.69 Å². The van der Waals surface area contributed by atoms with Crippen molar-refractivity contribution in [3.05, 3.63) is 109 Å². The highest BCUT2D eigenvalue weighted by molar-refractivity contribution is 5.87. The number of imidazole rings is 1. The summed E-state index contributed by atoms with van der Waals surface area (Å²) in [4.78, 5) is 5.32. The Morgan fingerprint density at radius 2 is 1.26 bits per heavy atom. The molecule has 4 aromatic carbocycles. The Balaban J connectivity index is 1.82. The standard InChI is InChI=1S/C31H29N3/c1-22(2)21-34-30(24-14-7-4-8-15-24)29(23-12-5-3-6-13-23)33-31(34)28-19-10-9-18-27(28)25-16-11-17-26(32)20-25/h3-20,22H,21,32H2,1-2H3. The smallest absolute Gasteiger partial charge is 0.141 e. The van der Waals surface area contributed by atoms with E-state index in [1.54, 1.807) is 0 Å². The van der Waals surface area contributed by atoms with Crippen LogP contribution in [-0.4, -0.2) is 9.55 Å². The molecule has 0 saturated carbocycles.